The van der Waals surface area contributed by atoms with E-state index in [4.69, 9.17) is 24.9 Å². The number of pyridine rings is 2. The molecule has 0 unspecified atom stereocenters. The molecule has 0 radical (unpaired) electrons. The van der Waals surface area contributed by atoms with Crippen LogP contribution >= 0.6 is 0 Å². The van der Waals surface area contributed by atoms with Gasteiger partial charge in [0.1, 0.15) is 18.7 Å². The highest BCUT2D eigenvalue weighted by molar-refractivity contribution is 7.90. The van der Waals surface area contributed by atoms with Gasteiger partial charge in [0, 0.05) is 60.6 Å². The number of esters is 1. The summed E-state index contributed by atoms with van der Waals surface area (Å²) in [6.45, 7) is 5.36. The molecule has 1 aromatic carbocycles. The van der Waals surface area contributed by atoms with Gasteiger partial charge in [0.2, 0.25) is 45.4 Å². The molecule has 70 heavy (non-hydrogen) atoms. The monoisotopic (exact) mass is 983 g/mol. The van der Waals surface area contributed by atoms with Crippen molar-refractivity contribution in [2.24, 2.45) is 11.7 Å². The Balaban J connectivity index is 0.943. The molecule has 4 aromatic rings. The molecule has 0 spiro atoms. The van der Waals surface area contributed by atoms with E-state index in [2.05, 4.69) is 43.1 Å². The molecule has 0 fully saturated rings. The molecule has 4 amide bonds. The van der Waals surface area contributed by atoms with Crippen LogP contribution in [0.15, 0.2) is 40.5 Å². The molecule has 3 atom stereocenters. The number of nitrogens with zero attached hydrogens (tertiary/aromatic N) is 4. The van der Waals surface area contributed by atoms with Gasteiger partial charge in [-0.3, -0.25) is 24.0 Å². The summed E-state index contributed by atoms with van der Waals surface area (Å²) in [5.41, 5.74) is 7.36. The molecular formula is C48H57N9O12S. The highest BCUT2D eigenvalue weighted by Gasteiger charge is 2.45. The molecule has 3 aromatic heterocycles. The molecular weight excluding hydrogens is 927 g/mol. The number of amides is 4. The van der Waals surface area contributed by atoms with Crippen molar-refractivity contribution >= 4 is 50.3 Å². The summed E-state index contributed by atoms with van der Waals surface area (Å²) < 4.78 is 41.3. The van der Waals surface area contributed by atoms with E-state index in [-0.39, 0.29) is 80.4 Å². The van der Waals surface area contributed by atoms with E-state index in [9.17, 15) is 42.3 Å². The maximum absolute atomic E-state index is 13.9. The number of rotatable bonds is 20. The van der Waals surface area contributed by atoms with Crippen molar-refractivity contribution in [2.45, 2.75) is 115 Å². The number of aromatic nitrogens is 4. The first kappa shape index (κ1) is 50.9. The standard InChI is InChI=1S/C48H57N9O12S/c1-5-48(64)33-19-36-42-31(24-57(36)45(62)32(33)25-67-46(48)63)29(30-18-37-38(69-26-68-37)20-35(30)54-42)13-11-17-50-40(59)23-51-43(60)34(14-9-10-16-49)55-44(61)41(27(2)3)56-39(58)15-8-6-7-12-28-21-52-47(53-22-28)70(4,65)66/h18-22,27,34,41,64H,5-6,8-11,13-17,23-26,49H2,1-4H3,(H,50,59)(H,51,60)(H,55,61)(H,56,58)/t34-,41-,48-/m0/s1. The Morgan fingerprint density at radius 3 is 2.39 bits per heavy atom. The molecule has 3 aliphatic rings. The third-order valence-electron chi connectivity index (χ3n) is 12.4. The van der Waals surface area contributed by atoms with Crippen LogP contribution in [0.25, 0.3) is 22.3 Å². The van der Waals surface area contributed by atoms with E-state index in [1.165, 1.54) is 12.4 Å². The third-order valence-corrected chi connectivity index (χ3v) is 13.3. The average molecular weight is 984 g/mol. The van der Waals surface area contributed by atoms with Crippen molar-refractivity contribution in [1.82, 2.24) is 40.8 Å². The van der Waals surface area contributed by atoms with Gasteiger partial charge in [-0.25, -0.2) is 28.2 Å². The summed E-state index contributed by atoms with van der Waals surface area (Å²) in [6, 6.07) is 3.29. The Morgan fingerprint density at radius 1 is 0.943 bits per heavy atom. The molecule has 0 saturated carbocycles. The fourth-order valence-corrected chi connectivity index (χ4v) is 9.05. The Labute approximate surface area is 404 Å². The molecule has 372 valence electrons. The van der Waals surface area contributed by atoms with Crippen molar-refractivity contribution in [2.75, 3.05) is 32.7 Å². The van der Waals surface area contributed by atoms with Gasteiger partial charge in [-0.1, -0.05) is 32.6 Å². The number of unbranched alkanes of at least 4 members (excludes halogenated alkanes) is 2. The zero-order valence-electron chi connectivity index (χ0n) is 39.4. The van der Waals surface area contributed by atoms with Crippen molar-refractivity contribution in [3.63, 3.8) is 0 Å². The fourth-order valence-electron chi connectivity index (χ4n) is 8.56. The Hall–Kier alpha value is -6.96. The van der Waals surface area contributed by atoms with Gasteiger partial charge in [0.25, 0.3) is 5.56 Å². The predicted octanol–water partition coefficient (Wildman–Crippen LogP) is 1.14. The number of aliphatic hydroxyl groups is 1. The van der Waals surface area contributed by atoms with E-state index in [0.29, 0.717) is 79.0 Å². The molecule has 3 aliphatic heterocycles. The van der Waals surface area contributed by atoms with Gasteiger partial charge < -0.3 is 50.9 Å². The van der Waals surface area contributed by atoms with Gasteiger partial charge in [0.05, 0.1) is 41.1 Å². The number of sulfone groups is 1. The average Bonchev–Trinajstić information content (AvgIpc) is 3.95. The molecule has 0 bridgehead atoms. The number of nitrogens with two attached hydrogens (primary N) is 1. The number of hydrogen-bond acceptors (Lipinski definition) is 16. The second kappa shape index (κ2) is 21.8. The maximum Gasteiger partial charge on any atom is 0.343 e. The molecule has 0 saturated heterocycles. The fraction of sp³-hybridized carbons (Fsp3) is 0.479. The summed E-state index contributed by atoms with van der Waals surface area (Å²) in [5.74, 6) is 3.65. The summed E-state index contributed by atoms with van der Waals surface area (Å²) in [7, 11) is -3.54. The van der Waals surface area contributed by atoms with Crippen LogP contribution in [0.3, 0.4) is 0 Å². The van der Waals surface area contributed by atoms with Gasteiger partial charge in [-0.2, -0.15) is 0 Å². The predicted molar refractivity (Wildman–Crippen MR) is 252 cm³/mol. The van der Waals surface area contributed by atoms with Gasteiger partial charge in [0.15, 0.2) is 17.1 Å². The van der Waals surface area contributed by atoms with Gasteiger partial charge in [-0.15, -0.1) is 0 Å². The lowest BCUT2D eigenvalue weighted by molar-refractivity contribution is -0.172. The minimum Gasteiger partial charge on any atom is -0.458 e. The second-order valence-electron chi connectivity index (χ2n) is 17.7. The van der Waals surface area contributed by atoms with Crippen molar-refractivity contribution in [3.05, 3.63) is 68.8 Å². The molecule has 7 N–H and O–H groups in total. The highest BCUT2D eigenvalue weighted by Crippen LogP contribution is 2.43. The summed E-state index contributed by atoms with van der Waals surface area (Å²) >= 11 is 0. The molecule has 21 nitrogen and oxygen atoms in total. The van der Waals surface area contributed by atoms with E-state index < -0.39 is 56.8 Å². The molecule has 0 aliphatic carbocycles. The summed E-state index contributed by atoms with van der Waals surface area (Å²) in [4.78, 5) is 92.3. The first-order chi connectivity index (χ1) is 33.4. The van der Waals surface area contributed by atoms with Crippen molar-refractivity contribution in [3.8, 4) is 34.7 Å². The number of fused-ring (bicyclic) bond motifs is 6. The second-order valence-corrected chi connectivity index (χ2v) is 19.6. The summed E-state index contributed by atoms with van der Waals surface area (Å²) in [6.07, 6.45) is 6.64. The zero-order chi connectivity index (χ0) is 50.3. The van der Waals surface area contributed by atoms with Gasteiger partial charge >= 0.3 is 5.97 Å². The number of hydrogen-bond donors (Lipinski definition) is 6. The van der Waals surface area contributed by atoms with E-state index in [1.54, 1.807) is 37.5 Å². The normalized spacial score (nSPS) is 16.2. The third kappa shape index (κ3) is 11.2. The van der Waals surface area contributed by atoms with Crippen LogP contribution in [0.1, 0.15) is 100.0 Å². The quantitative estimate of drug-likeness (QED) is 0.0276. The van der Waals surface area contributed by atoms with Crippen LogP contribution in [0.5, 0.6) is 11.5 Å². The number of carbonyl (C=O) groups is 5. The topological polar surface area (TPSA) is 302 Å². The first-order valence-corrected chi connectivity index (χ1v) is 25.1. The number of aryl methyl sites for hydroxylation is 1. The van der Waals surface area contributed by atoms with Crippen LogP contribution in [-0.2, 0) is 63.7 Å². The van der Waals surface area contributed by atoms with Crippen molar-refractivity contribution in [1.29, 1.82) is 0 Å². The number of ether oxygens (including phenoxy) is 3. The lowest BCUT2D eigenvalue weighted by Gasteiger charge is -2.31. The lowest BCUT2D eigenvalue weighted by Crippen LogP contribution is -2.56. The molecule has 7 rings (SSSR count). The number of nitrogens with one attached hydrogen (secondary N) is 4. The first-order valence-electron chi connectivity index (χ1n) is 23.2. The van der Waals surface area contributed by atoms with E-state index in [1.807, 2.05) is 6.07 Å². The highest BCUT2D eigenvalue weighted by atomic mass is 32.2. The maximum atomic E-state index is 13.9. The van der Waals surface area contributed by atoms with Crippen LogP contribution in [0.4, 0.5) is 0 Å². The van der Waals surface area contributed by atoms with Crippen LogP contribution < -0.4 is 42.0 Å². The Bertz CT molecular complexity index is 2950. The number of carbonyl (C=O) groups excluding carboxylic acids is 5. The van der Waals surface area contributed by atoms with Crippen molar-refractivity contribution < 1.29 is 51.7 Å². The van der Waals surface area contributed by atoms with Crippen LogP contribution in [0, 0.1) is 17.8 Å². The minimum atomic E-state index is -3.54. The van der Waals surface area contributed by atoms with Crippen LogP contribution in [0.2, 0.25) is 0 Å². The smallest absolute Gasteiger partial charge is 0.343 e. The minimum absolute atomic E-state index is 0.00547. The van der Waals surface area contributed by atoms with Crippen LogP contribution in [-0.4, -0.2) is 107 Å². The lowest BCUT2D eigenvalue weighted by atomic mass is 9.86. The largest absolute Gasteiger partial charge is 0.458 e. The van der Waals surface area contributed by atoms with E-state index >= 15 is 0 Å². The summed E-state index contributed by atoms with van der Waals surface area (Å²) in [5, 5.41) is 22.8. The number of cyclic esters (lactones) is 1. The molecule has 6 heterocycles. The SMILES string of the molecule is CC[C@@]1(O)C(=O)OCc2c1cc1n(c2=O)Cc2c-1nc1cc3c(cc1c2CCCNC(=O)CNC(=O)[C@H](CCCCN)NC(=O)[C@@H](NC(=O)CCCC#Cc1cnc(S(C)(=O)=O)nc1)C(C)C)OCO3. The zero-order valence-corrected chi connectivity index (χ0v) is 40.3. The number of benzene rings is 1. The molecule has 22 heteroatoms. The Morgan fingerprint density at radius 2 is 1.69 bits per heavy atom. The van der Waals surface area contributed by atoms with Gasteiger partial charge in [-0.05, 0) is 75.1 Å². The Kier molecular flexibility index (Phi) is 15.8. The van der Waals surface area contributed by atoms with E-state index in [0.717, 1.165) is 22.8 Å².